The lowest BCUT2D eigenvalue weighted by atomic mass is 9.75. The number of piperidine rings is 1. The van der Waals surface area contributed by atoms with Gasteiger partial charge in [0.2, 0.25) is 5.95 Å². The first-order chi connectivity index (χ1) is 16.0. The third kappa shape index (κ3) is 4.47. The minimum absolute atomic E-state index is 0.0319. The van der Waals surface area contributed by atoms with Gasteiger partial charge in [-0.2, -0.15) is 0 Å². The smallest absolute Gasteiger partial charge is 0.253 e. The number of rotatable bonds is 5. The highest BCUT2D eigenvalue weighted by Gasteiger charge is 2.44. The number of aromatic nitrogens is 2. The number of carbonyl (C=O) groups excluding carboxylic acids is 1. The van der Waals surface area contributed by atoms with Crippen molar-refractivity contribution in [3.8, 4) is 0 Å². The molecule has 2 aliphatic heterocycles. The number of carbonyl (C=O) groups is 1. The van der Waals surface area contributed by atoms with Crippen LogP contribution in [0.4, 0.5) is 5.95 Å². The second kappa shape index (κ2) is 9.00. The molecule has 33 heavy (non-hydrogen) atoms. The lowest BCUT2D eigenvalue weighted by Crippen LogP contribution is -2.61. The molecule has 2 saturated heterocycles. The number of likely N-dealkylation sites (tertiary alicyclic amines) is 1. The summed E-state index contributed by atoms with van der Waals surface area (Å²) < 4.78 is 11.9. The van der Waals surface area contributed by atoms with Crippen LogP contribution in [-0.4, -0.2) is 77.5 Å². The topological polar surface area (TPSA) is 88.0 Å². The van der Waals surface area contributed by atoms with E-state index in [-0.39, 0.29) is 17.6 Å². The number of aliphatic hydroxyl groups is 1. The van der Waals surface area contributed by atoms with Gasteiger partial charge in [-0.15, -0.1) is 0 Å². The predicted molar refractivity (Wildman–Crippen MR) is 123 cm³/mol. The predicted octanol–water partition coefficient (Wildman–Crippen LogP) is 2.37. The summed E-state index contributed by atoms with van der Waals surface area (Å²) in [4.78, 5) is 26.1. The summed E-state index contributed by atoms with van der Waals surface area (Å²) in [6.07, 6.45) is 7.58. The Balaban J connectivity index is 1.25. The van der Waals surface area contributed by atoms with Crippen molar-refractivity contribution < 1.29 is 19.4 Å². The maximum atomic E-state index is 13.1. The summed E-state index contributed by atoms with van der Waals surface area (Å²) >= 11 is 0. The fourth-order valence-corrected chi connectivity index (χ4v) is 5.27. The van der Waals surface area contributed by atoms with Gasteiger partial charge in [-0.1, -0.05) is 12.1 Å². The Labute approximate surface area is 194 Å². The Kier molecular flexibility index (Phi) is 6.07. The fourth-order valence-electron chi connectivity index (χ4n) is 5.27. The van der Waals surface area contributed by atoms with E-state index < -0.39 is 5.60 Å². The maximum Gasteiger partial charge on any atom is 0.253 e. The van der Waals surface area contributed by atoms with Crippen LogP contribution in [0, 0.1) is 0 Å². The largest absolute Gasteiger partial charge is 0.385 e. The SMILES string of the molecule is COCC1CN(c2ncccn2)CC2(CCN(C(=O)c3ccc(C4(O)CCC4)cc3)CC2)O1. The van der Waals surface area contributed by atoms with Crippen LogP contribution in [0.1, 0.15) is 48.0 Å². The van der Waals surface area contributed by atoms with Crippen LogP contribution in [-0.2, 0) is 15.1 Å². The highest BCUT2D eigenvalue weighted by molar-refractivity contribution is 5.94. The third-order valence-corrected chi connectivity index (χ3v) is 7.32. The van der Waals surface area contributed by atoms with Gasteiger partial charge in [-0.05, 0) is 55.9 Å². The zero-order chi connectivity index (χ0) is 22.9. The van der Waals surface area contributed by atoms with Crippen LogP contribution in [0.5, 0.6) is 0 Å². The van der Waals surface area contributed by atoms with Crippen molar-refractivity contribution in [2.75, 3.05) is 44.8 Å². The molecule has 3 fully saturated rings. The van der Waals surface area contributed by atoms with E-state index in [1.807, 2.05) is 35.2 Å². The number of benzene rings is 1. The Bertz CT molecular complexity index is 956. The third-order valence-electron chi connectivity index (χ3n) is 7.32. The van der Waals surface area contributed by atoms with Crippen LogP contribution in [0.25, 0.3) is 0 Å². The molecular formula is C25H32N4O4. The number of nitrogens with zero attached hydrogens (tertiary/aromatic N) is 4. The van der Waals surface area contributed by atoms with Crippen LogP contribution in [0.3, 0.4) is 0 Å². The van der Waals surface area contributed by atoms with Gasteiger partial charge in [0, 0.05) is 44.7 Å². The van der Waals surface area contributed by atoms with E-state index in [9.17, 15) is 9.90 Å². The average molecular weight is 453 g/mol. The summed E-state index contributed by atoms with van der Waals surface area (Å²) in [7, 11) is 1.68. The van der Waals surface area contributed by atoms with E-state index in [4.69, 9.17) is 9.47 Å². The Morgan fingerprint density at radius 3 is 2.45 bits per heavy atom. The van der Waals surface area contributed by atoms with Crippen LogP contribution < -0.4 is 4.90 Å². The molecule has 1 amide bonds. The Morgan fingerprint density at radius 2 is 1.85 bits per heavy atom. The molecule has 176 valence electrons. The van der Waals surface area contributed by atoms with Crippen molar-refractivity contribution >= 4 is 11.9 Å². The molecule has 8 nitrogen and oxygen atoms in total. The molecule has 1 unspecified atom stereocenters. The van der Waals surface area contributed by atoms with Gasteiger partial charge in [0.05, 0.1) is 30.5 Å². The summed E-state index contributed by atoms with van der Waals surface area (Å²) in [5.74, 6) is 0.734. The summed E-state index contributed by atoms with van der Waals surface area (Å²) in [5.41, 5.74) is 0.517. The normalized spacial score (nSPS) is 23.9. The van der Waals surface area contributed by atoms with Crippen molar-refractivity contribution in [3.05, 3.63) is 53.9 Å². The number of hydrogen-bond donors (Lipinski definition) is 1. The highest BCUT2D eigenvalue weighted by Crippen LogP contribution is 2.41. The average Bonchev–Trinajstić information content (AvgIpc) is 2.83. The van der Waals surface area contributed by atoms with Crippen LogP contribution in [0.2, 0.25) is 0 Å². The zero-order valence-corrected chi connectivity index (χ0v) is 19.2. The van der Waals surface area contributed by atoms with E-state index >= 15 is 0 Å². The van der Waals surface area contributed by atoms with E-state index in [0.29, 0.717) is 44.3 Å². The highest BCUT2D eigenvalue weighted by atomic mass is 16.5. The molecule has 1 atom stereocenters. The molecule has 3 aliphatic rings. The first-order valence-electron chi connectivity index (χ1n) is 11.8. The molecule has 1 aliphatic carbocycles. The van der Waals surface area contributed by atoms with Gasteiger partial charge in [0.1, 0.15) is 0 Å². The summed E-state index contributed by atoms with van der Waals surface area (Å²) in [6, 6.07) is 9.30. The number of morpholine rings is 1. The molecule has 3 heterocycles. The number of hydrogen-bond acceptors (Lipinski definition) is 7. The van der Waals surface area contributed by atoms with Crippen LogP contribution >= 0.6 is 0 Å². The number of methoxy groups -OCH3 is 1. The summed E-state index contributed by atoms with van der Waals surface area (Å²) in [5, 5.41) is 10.5. The van der Waals surface area contributed by atoms with Crippen LogP contribution in [0.15, 0.2) is 42.7 Å². The Morgan fingerprint density at radius 1 is 1.15 bits per heavy atom. The lowest BCUT2D eigenvalue weighted by Gasteiger charge is -2.49. The summed E-state index contributed by atoms with van der Waals surface area (Å²) in [6.45, 7) is 3.15. The molecule has 8 heteroatoms. The molecule has 1 aromatic carbocycles. The maximum absolute atomic E-state index is 13.1. The second-order valence-corrected chi connectivity index (χ2v) is 9.56. The number of anilines is 1. The van der Waals surface area contributed by atoms with Gasteiger partial charge in [-0.3, -0.25) is 4.79 Å². The minimum atomic E-state index is -0.704. The quantitative estimate of drug-likeness (QED) is 0.745. The number of ether oxygens (including phenoxy) is 2. The van der Waals surface area contributed by atoms with E-state index in [2.05, 4.69) is 14.9 Å². The number of amides is 1. The van der Waals surface area contributed by atoms with E-state index in [1.165, 1.54) is 0 Å². The standard InChI is InChI=1S/C25H32N4O4/c1-32-17-21-16-29(23-26-12-3-13-27-23)18-24(33-21)10-14-28(15-11-24)22(30)19-4-6-20(7-5-19)25(31)8-2-9-25/h3-7,12-13,21,31H,2,8-11,14-18H2,1H3. The van der Waals surface area contributed by atoms with Gasteiger partial charge >= 0.3 is 0 Å². The molecule has 1 spiro atoms. The molecular weight excluding hydrogens is 420 g/mol. The van der Waals surface area contributed by atoms with E-state index in [1.54, 1.807) is 19.5 Å². The van der Waals surface area contributed by atoms with Gasteiger partial charge in [-0.25, -0.2) is 9.97 Å². The zero-order valence-electron chi connectivity index (χ0n) is 19.2. The molecule has 1 saturated carbocycles. The minimum Gasteiger partial charge on any atom is -0.385 e. The van der Waals surface area contributed by atoms with Crippen molar-refractivity contribution in [1.82, 2.24) is 14.9 Å². The Hall–Kier alpha value is -2.55. The monoisotopic (exact) mass is 452 g/mol. The van der Waals surface area contributed by atoms with E-state index in [0.717, 1.165) is 37.7 Å². The molecule has 5 rings (SSSR count). The fraction of sp³-hybridized carbons (Fsp3) is 0.560. The van der Waals surface area contributed by atoms with Crippen molar-refractivity contribution in [2.45, 2.75) is 49.4 Å². The van der Waals surface area contributed by atoms with Crippen molar-refractivity contribution in [2.24, 2.45) is 0 Å². The molecule has 0 bridgehead atoms. The van der Waals surface area contributed by atoms with Crippen molar-refractivity contribution in [1.29, 1.82) is 0 Å². The first-order valence-corrected chi connectivity index (χ1v) is 11.8. The first kappa shape index (κ1) is 22.3. The second-order valence-electron chi connectivity index (χ2n) is 9.56. The molecule has 1 N–H and O–H groups in total. The molecule has 1 aromatic heterocycles. The molecule has 2 aromatic rings. The molecule has 0 radical (unpaired) electrons. The van der Waals surface area contributed by atoms with Crippen molar-refractivity contribution in [3.63, 3.8) is 0 Å². The lowest BCUT2D eigenvalue weighted by molar-refractivity contribution is -0.145. The van der Waals surface area contributed by atoms with Gasteiger partial charge in [0.15, 0.2) is 0 Å². The van der Waals surface area contributed by atoms with Gasteiger partial charge in [0.25, 0.3) is 5.91 Å². The van der Waals surface area contributed by atoms with Gasteiger partial charge < -0.3 is 24.4 Å².